The van der Waals surface area contributed by atoms with Crippen LogP contribution in [0.5, 0.6) is 0 Å². The summed E-state index contributed by atoms with van der Waals surface area (Å²) in [6, 6.07) is 2.38. The van der Waals surface area contributed by atoms with E-state index in [1.54, 1.807) is 0 Å². The number of hydrogen-bond donors (Lipinski definition) is 0. The lowest BCUT2D eigenvalue weighted by Gasteiger charge is -2.20. The monoisotopic (exact) mass is 417 g/mol. The Labute approximate surface area is 151 Å². The normalized spacial score (nSPS) is 11.8. The fraction of sp³-hybridized carbons (Fsp3) is 0.467. The van der Waals surface area contributed by atoms with Crippen molar-refractivity contribution in [1.82, 2.24) is 0 Å². The number of esters is 1. The maximum Gasteiger partial charge on any atom is 0.319 e. The number of nitrogens with zero attached hydrogens (tertiary/aromatic N) is 3. The average Bonchev–Trinajstić information content (AvgIpc) is 2.51. The fourth-order valence-corrected chi connectivity index (χ4v) is 3.42. The first-order valence-corrected chi connectivity index (χ1v) is 8.90. The summed E-state index contributed by atoms with van der Waals surface area (Å²) < 4.78 is 19.5. The van der Waals surface area contributed by atoms with Crippen molar-refractivity contribution in [2.24, 2.45) is 11.0 Å². The first-order valence-electron chi connectivity index (χ1n) is 7.23. The van der Waals surface area contributed by atoms with Crippen molar-refractivity contribution in [2.75, 3.05) is 6.61 Å². The molecule has 0 N–H and O–H groups in total. The Hall–Kier alpha value is -1.57. The molecule has 6 nitrogen and oxygen atoms in total. The average molecular weight is 418 g/mol. The quantitative estimate of drug-likeness (QED) is 0.202. The second kappa shape index (κ2) is 9.66. The molecule has 0 aliphatic heterocycles. The van der Waals surface area contributed by atoms with Crippen molar-refractivity contribution < 1.29 is 18.7 Å². The van der Waals surface area contributed by atoms with E-state index >= 15 is 0 Å². The van der Waals surface area contributed by atoms with Crippen LogP contribution in [-0.4, -0.2) is 23.7 Å². The largest absolute Gasteiger partial charge is 0.465 e. The topological polar surface area (TPSA) is 92.1 Å². The van der Waals surface area contributed by atoms with Crippen LogP contribution in [0.25, 0.3) is 10.4 Å². The van der Waals surface area contributed by atoms with Crippen molar-refractivity contribution in [3.8, 4) is 0 Å². The van der Waals surface area contributed by atoms with Crippen LogP contribution >= 0.6 is 27.7 Å². The van der Waals surface area contributed by atoms with Gasteiger partial charge in [-0.2, -0.15) is 0 Å². The molecule has 0 saturated carbocycles. The number of amides is 1. The lowest BCUT2D eigenvalue weighted by atomic mass is 10.1. The van der Waals surface area contributed by atoms with Gasteiger partial charge in [-0.1, -0.05) is 20.8 Å². The lowest BCUT2D eigenvalue weighted by Crippen LogP contribution is -2.26. The predicted octanol–water partition coefficient (Wildman–Crippen LogP) is 5.11. The molecule has 0 radical (unpaired) electrons. The SMILES string of the molecule is CCCOC(=O)C(Sc1cc(C(=O)N=[N+]=[N-])c(F)cc1Br)C(C)C. The summed E-state index contributed by atoms with van der Waals surface area (Å²) in [6.45, 7) is 5.96. The molecule has 9 heteroatoms. The zero-order valence-corrected chi connectivity index (χ0v) is 15.9. The van der Waals surface area contributed by atoms with Crippen LogP contribution in [0.15, 0.2) is 26.6 Å². The van der Waals surface area contributed by atoms with E-state index in [4.69, 9.17) is 10.3 Å². The molecule has 0 saturated heterocycles. The van der Waals surface area contributed by atoms with Crippen molar-refractivity contribution in [3.05, 3.63) is 38.4 Å². The van der Waals surface area contributed by atoms with Crippen molar-refractivity contribution in [3.63, 3.8) is 0 Å². The van der Waals surface area contributed by atoms with E-state index in [0.29, 0.717) is 22.4 Å². The smallest absolute Gasteiger partial charge is 0.319 e. The van der Waals surface area contributed by atoms with Crippen LogP contribution in [0, 0.1) is 11.7 Å². The summed E-state index contributed by atoms with van der Waals surface area (Å²) in [5, 5.41) is 2.39. The predicted molar refractivity (Wildman–Crippen MR) is 93.3 cm³/mol. The highest BCUT2D eigenvalue weighted by atomic mass is 79.9. The molecule has 1 amide bonds. The van der Waals surface area contributed by atoms with Crippen molar-refractivity contribution in [1.29, 1.82) is 0 Å². The number of halogens is 2. The highest BCUT2D eigenvalue weighted by molar-refractivity contribution is 9.10. The van der Waals surface area contributed by atoms with Crippen LogP contribution in [0.3, 0.4) is 0 Å². The second-order valence-corrected chi connectivity index (χ2v) is 7.24. The van der Waals surface area contributed by atoms with Crippen molar-refractivity contribution >= 4 is 39.6 Å². The van der Waals surface area contributed by atoms with Gasteiger partial charge >= 0.3 is 5.97 Å². The number of ether oxygens (including phenoxy) is 1. The molecule has 1 aromatic rings. The summed E-state index contributed by atoms with van der Waals surface area (Å²) in [6.07, 6.45) is 0.715. The summed E-state index contributed by atoms with van der Waals surface area (Å²) in [7, 11) is 0. The van der Waals surface area contributed by atoms with E-state index in [1.807, 2.05) is 20.8 Å². The number of benzene rings is 1. The zero-order valence-electron chi connectivity index (χ0n) is 13.5. The van der Waals surface area contributed by atoms with Crippen LogP contribution in [-0.2, 0) is 9.53 Å². The Morgan fingerprint density at radius 1 is 1.46 bits per heavy atom. The van der Waals surface area contributed by atoms with E-state index in [1.165, 1.54) is 17.8 Å². The van der Waals surface area contributed by atoms with E-state index in [0.717, 1.165) is 6.07 Å². The standard InChI is InChI=1S/C15H17BrFN3O3S/c1-4-5-23-15(22)13(8(2)3)24-12-6-9(14(21)19-20-18)11(17)7-10(12)16/h6-8,13H,4-5H2,1-3H3. The van der Waals surface area contributed by atoms with E-state index in [-0.39, 0.29) is 17.5 Å². The minimum atomic E-state index is -1.01. The van der Waals surface area contributed by atoms with Gasteiger partial charge in [0.15, 0.2) is 0 Å². The molecule has 0 aliphatic rings. The summed E-state index contributed by atoms with van der Waals surface area (Å²) in [4.78, 5) is 26.7. The Kier molecular flexibility index (Phi) is 8.24. The molecule has 1 rings (SSSR count). The van der Waals surface area contributed by atoms with Gasteiger partial charge in [0.05, 0.1) is 12.2 Å². The van der Waals surface area contributed by atoms with Crippen molar-refractivity contribution in [2.45, 2.75) is 37.3 Å². The molecule has 0 aliphatic carbocycles. The maximum absolute atomic E-state index is 13.9. The Morgan fingerprint density at radius 2 is 2.12 bits per heavy atom. The van der Waals surface area contributed by atoms with E-state index in [2.05, 4.69) is 26.0 Å². The van der Waals surface area contributed by atoms with E-state index in [9.17, 15) is 14.0 Å². The third-order valence-corrected chi connectivity index (χ3v) is 5.43. The molecule has 0 heterocycles. The number of azide groups is 1. The maximum atomic E-state index is 13.9. The van der Waals surface area contributed by atoms with Gasteiger partial charge in [-0.15, -0.1) is 11.8 Å². The first-order chi connectivity index (χ1) is 11.3. The molecule has 1 aromatic carbocycles. The Balaban J connectivity index is 3.15. The summed E-state index contributed by atoms with van der Waals surface area (Å²) >= 11 is 4.39. The highest BCUT2D eigenvalue weighted by Gasteiger charge is 2.27. The van der Waals surface area contributed by atoms with Gasteiger partial charge in [0.25, 0.3) is 5.91 Å². The van der Waals surface area contributed by atoms with Crippen LogP contribution in [0.1, 0.15) is 37.6 Å². The number of carbonyl (C=O) groups excluding carboxylic acids is 2. The number of rotatable bonds is 7. The molecule has 24 heavy (non-hydrogen) atoms. The molecular formula is C15H17BrFN3O3S. The number of carbonyl (C=O) groups is 2. The highest BCUT2D eigenvalue weighted by Crippen LogP contribution is 2.36. The van der Waals surface area contributed by atoms with Gasteiger partial charge in [-0.25, -0.2) is 4.39 Å². The minimum absolute atomic E-state index is 0.0346. The minimum Gasteiger partial charge on any atom is -0.465 e. The molecule has 0 bridgehead atoms. The Bertz CT molecular complexity index is 678. The molecule has 0 spiro atoms. The van der Waals surface area contributed by atoms with Gasteiger partial charge in [-0.3, -0.25) is 9.59 Å². The molecule has 0 aromatic heterocycles. The van der Waals surface area contributed by atoms with Crippen LogP contribution < -0.4 is 0 Å². The number of hydrogen-bond acceptors (Lipinski definition) is 4. The van der Waals surface area contributed by atoms with Crippen LogP contribution in [0.4, 0.5) is 4.39 Å². The molecule has 0 fully saturated rings. The van der Waals surface area contributed by atoms with Gasteiger partial charge in [0.2, 0.25) is 0 Å². The van der Waals surface area contributed by atoms with E-state index < -0.39 is 17.0 Å². The van der Waals surface area contributed by atoms with Gasteiger partial charge in [0.1, 0.15) is 11.1 Å². The molecule has 130 valence electrons. The van der Waals surface area contributed by atoms with Gasteiger partial charge < -0.3 is 4.74 Å². The third-order valence-electron chi connectivity index (χ3n) is 2.93. The Morgan fingerprint density at radius 3 is 2.67 bits per heavy atom. The molecule has 1 unspecified atom stereocenters. The second-order valence-electron chi connectivity index (χ2n) is 5.21. The van der Waals surface area contributed by atoms with Gasteiger partial charge in [-0.05, 0) is 51.0 Å². The summed E-state index contributed by atoms with van der Waals surface area (Å²) in [5.74, 6) is -2.22. The van der Waals surface area contributed by atoms with Crippen LogP contribution in [0.2, 0.25) is 0 Å². The number of thioether (sulfide) groups is 1. The van der Waals surface area contributed by atoms with Gasteiger partial charge in [0, 0.05) is 14.3 Å². The first kappa shape index (κ1) is 20.5. The summed E-state index contributed by atoms with van der Waals surface area (Å²) in [5.41, 5.74) is 7.98. The zero-order chi connectivity index (χ0) is 18.3. The fourth-order valence-electron chi connectivity index (χ4n) is 1.76. The molecular weight excluding hydrogens is 401 g/mol. The lowest BCUT2D eigenvalue weighted by molar-refractivity contribution is -0.143. The molecule has 1 atom stereocenters. The third kappa shape index (κ3) is 5.51.